The molecule has 0 radical (unpaired) electrons. The Bertz CT molecular complexity index is 2270. The van der Waals surface area contributed by atoms with Crippen molar-refractivity contribution < 1.29 is 63.7 Å². The molecule has 3 atom stereocenters. The lowest BCUT2D eigenvalue weighted by molar-refractivity contribution is 0.0328. The van der Waals surface area contributed by atoms with Crippen molar-refractivity contribution >= 4 is 26.2 Å². The first kappa shape index (κ1) is 49.9. The number of carbonyl (C=O) groups is 3. The number of phenols is 6. The number of ether oxygens (including phenoxy) is 3. The van der Waals surface area contributed by atoms with Gasteiger partial charge in [0.05, 0.1) is 0 Å². The summed E-state index contributed by atoms with van der Waals surface area (Å²) < 4.78 is 24.0. The highest BCUT2D eigenvalue weighted by Crippen LogP contribution is 2.44. The molecule has 0 heterocycles. The number of aromatic hydroxyl groups is 6. The highest BCUT2D eigenvalue weighted by Gasteiger charge is 2.46. The van der Waals surface area contributed by atoms with Crippen LogP contribution in [-0.4, -0.2) is 75.2 Å². The fourth-order valence-corrected chi connectivity index (χ4v) is 14.7. The van der Waals surface area contributed by atoms with E-state index in [0.717, 1.165) is 40.5 Å². The maximum atomic E-state index is 13.8. The number of benzene rings is 4. The van der Waals surface area contributed by atoms with Crippen molar-refractivity contribution in [3.63, 3.8) is 0 Å². The molecule has 0 bridgehead atoms. The second-order valence-electron chi connectivity index (χ2n) is 17.7. The van der Waals surface area contributed by atoms with Crippen molar-refractivity contribution in [2.24, 2.45) is 0 Å². The molecule has 0 aromatic heterocycles. The maximum absolute atomic E-state index is 13.8. The summed E-state index contributed by atoms with van der Waals surface area (Å²) >= 11 is 0. The molecule has 0 aliphatic heterocycles. The van der Waals surface area contributed by atoms with Gasteiger partial charge in [0.2, 0.25) is 8.32 Å². The van der Waals surface area contributed by atoms with Gasteiger partial charge in [0.15, 0.2) is 0 Å². The predicted octanol–water partition coefficient (Wildman–Crippen LogP) is 9.90. The van der Waals surface area contributed by atoms with Crippen LogP contribution in [0.4, 0.5) is 0 Å². The summed E-state index contributed by atoms with van der Waals surface area (Å²) in [5.41, 5.74) is 4.44. The molecule has 0 saturated carbocycles. The van der Waals surface area contributed by atoms with E-state index in [1.54, 1.807) is 0 Å². The summed E-state index contributed by atoms with van der Waals surface area (Å²) in [7, 11) is -2.33. The third-order valence-electron chi connectivity index (χ3n) is 11.6. The van der Waals surface area contributed by atoms with E-state index in [9.17, 15) is 45.0 Å². The van der Waals surface area contributed by atoms with Crippen molar-refractivity contribution in [3.8, 4) is 34.5 Å². The smallest absolute Gasteiger partial charge is 0.342 e. The van der Waals surface area contributed by atoms with Crippen molar-refractivity contribution in [3.05, 3.63) is 104 Å². The summed E-state index contributed by atoms with van der Waals surface area (Å²) in [4.78, 5) is 40.9. The van der Waals surface area contributed by atoms with Gasteiger partial charge in [-0.1, -0.05) is 59.2 Å². The fraction of sp³-hybridized carbons (Fsp3) is 0.449. The van der Waals surface area contributed by atoms with Crippen LogP contribution in [-0.2, 0) is 44.5 Å². The maximum Gasteiger partial charge on any atom is 0.342 e. The van der Waals surface area contributed by atoms with Crippen LogP contribution in [0.25, 0.3) is 0 Å². The van der Waals surface area contributed by atoms with Gasteiger partial charge in [0.25, 0.3) is 0 Å². The summed E-state index contributed by atoms with van der Waals surface area (Å²) in [6, 6.07) is 10.8. The molecule has 0 aliphatic carbocycles. The Hall–Kier alpha value is -5.73. The van der Waals surface area contributed by atoms with E-state index >= 15 is 0 Å². The molecular formula is C49H64O13Si. The van der Waals surface area contributed by atoms with Gasteiger partial charge in [-0.3, -0.25) is 0 Å². The molecule has 0 aliphatic rings. The minimum Gasteiger partial charge on any atom is -0.508 e. The molecule has 0 unspecified atom stereocenters. The van der Waals surface area contributed by atoms with Crippen LogP contribution in [0, 0.1) is 20.8 Å². The third-order valence-corrected chi connectivity index (χ3v) is 17.8. The Balaban J connectivity index is 1.53. The summed E-state index contributed by atoms with van der Waals surface area (Å²) in [5, 5.41) is 63.8. The molecule has 0 amide bonds. The van der Waals surface area contributed by atoms with E-state index in [2.05, 4.69) is 41.5 Å². The molecule has 6 N–H and O–H groups in total. The fourth-order valence-electron chi connectivity index (χ4n) is 9.14. The van der Waals surface area contributed by atoms with Gasteiger partial charge in [-0.15, -0.1) is 0 Å². The summed E-state index contributed by atoms with van der Waals surface area (Å²) in [6.07, 6.45) is -2.54. The molecule has 0 fully saturated rings. The lowest BCUT2D eigenvalue weighted by Gasteiger charge is -2.44. The van der Waals surface area contributed by atoms with Crippen LogP contribution in [0.2, 0.25) is 16.6 Å². The molecule has 4 aromatic carbocycles. The average Bonchev–Trinajstić information content (AvgIpc) is 3.11. The van der Waals surface area contributed by atoms with Crippen LogP contribution >= 0.6 is 0 Å². The number of rotatable bonds is 18. The van der Waals surface area contributed by atoms with Crippen LogP contribution in [0.5, 0.6) is 34.5 Å². The van der Waals surface area contributed by atoms with Crippen molar-refractivity contribution in [1.29, 1.82) is 0 Å². The van der Waals surface area contributed by atoms with E-state index in [-0.39, 0.29) is 77.0 Å². The van der Waals surface area contributed by atoms with Crippen LogP contribution < -0.4 is 0 Å². The summed E-state index contributed by atoms with van der Waals surface area (Å²) in [5.74, 6) is -5.37. The van der Waals surface area contributed by atoms with Crippen LogP contribution in [0.15, 0.2) is 48.5 Å². The Morgan fingerprint density at radius 2 is 0.825 bits per heavy atom. The van der Waals surface area contributed by atoms with Gasteiger partial charge in [0.1, 0.15) is 70.0 Å². The van der Waals surface area contributed by atoms with Gasteiger partial charge in [-0.2, -0.15) is 0 Å². The Labute approximate surface area is 371 Å². The zero-order valence-corrected chi connectivity index (χ0v) is 39.5. The first-order chi connectivity index (χ1) is 29.3. The number of hydrogen-bond acceptors (Lipinski definition) is 13. The molecular weight excluding hydrogens is 825 g/mol. The average molecular weight is 889 g/mol. The second-order valence-corrected chi connectivity index (χ2v) is 23.1. The number of hydrogen-bond donors (Lipinski definition) is 6. The molecule has 14 heteroatoms. The third kappa shape index (κ3) is 11.8. The van der Waals surface area contributed by atoms with E-state index in [4.69, 9.17) is 18.6 Å². The van der Waals surface area contributed by atoms with Gasteiger partial charge in [-0.05, 0) is 116 Å². The topological polar surface area (TPSA) is 210 Å². The number of aryl methyl sites for hydroxylation is 3. The van der Waals surface area contributed by atoms with Crippen LogP contribution in [0.1, 0.15) is 132 Å². The molecule has 0 spiro atoms. The molecule has 4 aromatic rings. The minimum absolute atomic E-state index is 0.0691. The molecule has 13 nitrogen and oxygen atoms in total. The highest BCUT2D eigenvalue weighted by molar-refractivity contribution is 6.77. The summed E-state index contributed by atoms with van der Waals surface area (Å²) in [6.45, 7) is 23.6. The van der Waals surface area contributed by atoms with E-state index in [1.807, 2.05) is 39.8 Å². The van der Waals surface area contributed by atoms with Crippen molar-refractivity contribution in [1.82, 2.24) is 0 Å². The van der Waals surface area contributed by atoms with Crippen molar-refractivity contribution in [2.75, 3.05) is 0 Å². The zero-order chi connectivity index (χ0) is 47.2. The Morgan fingerprint density at radius 3 is 1.17 bits per heavy atom. The zero-order valence-electron chi connectivity index (χ0n) is 38.5. The standard InChI is InChI=1S/C49H64O13Si/c1-25(2)63(26(3)4,27(5)6)62-33(12)17-36-20-39(52)23-43(55)46(36)49(58)61-32(11)16-35-19-38(51)22-42(54)45(35)48(57)60-31(10)15-34-18-37(50)21-41(53)44(34)47(56)59-24-40-29(8)13-28(7)14-30(40)9/h13-14,18-23,25-27,31-33,50-55H,15-17,24H2,1-12H3/t31-,32-,33-/m0/s1. The first-order valence-corrected chi connectivity index (χ1v) is 23.5. The lowest BCUT2D eigenvalue weighted by Crippen LogP contribution is -2.50. The van der Waals surface area contributed by atoms with E-state index < -0.39 is 55.7 Å². The van der Waals surface area contributed by atoms with Gasteiger partial charge < -0.3 is 49.3 Å². The quantitative estimate of drug-likeness (QED) is 0.0313. The largest absolute Gasteiger partial charge is 0.508 e. The predicted molar refractivity (Wildman–Crippen MR) is 242 cm³/mol. The van der Waals surface area contributed by atoms with Gasteiger partial charge in [0, 0.05) is 37.1 Å². The van der Waals surface area contributed by atoms with Gasteiger partial charge >= 0.3 is 17.9 Å². The van der Waals surface area contributed by atoms with Gasteiger partial charge in [-0.25, -0.2) is 14.4 Å². The molecule has 63 heavy (non-hydrogen) atoms. The molecule has 342 valence electrons. The first-order valence-electron chi connectivity index (χ1n) is 21.3. The lowest BCUT2D eigenvalue weighted by atomic mass is 9.98. The molecule has 0 saturated heterocycles. The minimum atomic E-state index is -2.33. The number of phenolic OH excluding ortho intramolecular Hbond substituents is 6. The SMILES string of the molecule is Cc1cc(C)c(COC(=O)c2c(O)cc(O)cc2C[C@H](C)OC(=O)c2c(O)cc(O)cc2C[C@H](C)OC(=O)c2c(O)cc(O)cc2C[C@H](C)O[Si](C(C)C)(C(C)C)C(C)C)c(C)c1. The number of carbonyl (C=O) groups excluding carboxylic acids is 3. The highest BCUT2D eigenvalue weighted by atomic mass is 28.4. The normalized spacial score (nSPS) is 13.3. The monoisotopic (exact) mass is 888 g/mol. The molecule has 4 rings (SSSR count). The van der Waals surface area contributed by atoms with Crippen molar-refractivity contribution in [2.45, 2.75) is 144 Å². The Kier molecular flexibility index (Phi) is 16.3. The second kappa shape index (κ2) is 20.6. The van der Waals surface area contributed by atoms with Crippen LogP contribution in [0.3, 0.4) is 0 Å². The van der Waals surface area contributed by atoms with E-state index in [0.29, 0.717) is 22.2 Å². The number of esters is 3. The van der Waals surface area contributed by atoms with E-state index in [1.165, 1.54) is 32.0 Å². The Morgan fingerprint density at radius 1 is 0.492 bits per heavy atom.